The van der Waals surface area contributed by atoms with Crippen LogP contribution < -0.4 is 4.74 Å². The van der Waals surface area contributed by atoms with E-state index in [2.05, 4.69) is 4.74 Å². The first-order chi connectivity index (χ1) is 10.5. The van der Waals surface area contributed by atoms with E-state index in [1.54, 1.807) is 14.0 Å². The van der Waals surface area contributed by atoms with Gasteiger partial charge in [-0.25, -0.2) is 4.79 Å². The molecule has 0 saturated heterocycles. The van der Waals surface area contributed by atoms with Crippen LogP contribution >= 0.6 is 0 Å². The highest BCUT2D eigenvalue weighted by Crippen LogP contribution is 2.25. The number of hydrogen-bond acceptors (Lipinski definition) is 5. The molecule has 1 unspecified atom stereocenters. The van der Waals surface area contributed by atoms with Crippen LogP contribution in [-0.4, -0.2) is 32.8 Å². The monoisotopic (exact) mass is 302 g/mol. The third-order valence-corrected chi connectivity index (χ3v) is 3.48. The van der Waals surface area contributed by atoms with Crippen molar-refractivity contribution >= 4 is 22.7 Å². The predicted octanol–water partition coefficient (Wildman–Crippen LogP) is 2.67. The van der Waals surface area contributed by atoms with Crippen LogP contribution in [0.5, 0.6) is 5.75 Å². The minimum absolute atomic E-state index is 0.371. The molecule has 116 valence electrons. The molecule has 0 amide bonds. The van der Waals surface area contributed by atoms with Crippen LogP contribution in [0.15, 0.2) is 36.4 Å². The summed E-state index contributed by atoms with van der Waals surface area (Å²) in [6.45, 7) is 1.37. The maximum absolute atomic E-state index is 12.0. The highest BCUT2D eigenvalue weighted by Gasteiger charge is 2.18. The first kappa shape index (κ1) is 15.8. The van der Waals surface area contributed by atoms with Crippen molar-refractivity contribution in [3.05, 3.63) is 42.0 Å². The van der Waals surface area contributed by atoms with Gasteiger partial charge in [0.2, 0.25) is 0 Å². The van der Waals surface area contributed by atoms with Gasteiger partial charge >= 0.3 is 11.9 Å². The van der Waals surface area contributed by atoms with Crippen LogP contribution in [-0.2, 0) is 19.1 Å². The number of benzene rings is 2. The molecule has 5 nitrogen and oxygen atoms in total. The fourth-order valence-electron chi connectivity index (χ4n) is 2.09. The summed E-state index contributed by atoms with van der Waals surface area (Å²) >= 11 is 0. The zero-order chi connectivity index (χ0) is 16.1. The molecule has 0 aliphatic rings. The number of fused-ring (bicyclic) bond motifs is 1. The Bertz CT molecular complexity index is 693. The van der Waals surface area contributed by atoms with Crippen molar-refractivity contribution in [1.29, 1.82) is 0 Å². The number of rotatable bonds is 5. The quantitative estimate of drug-likeness (QED) is 0.795. The first-order valence-corrected chi connectivity index (χ1v) is 6.86. The van der Waals surface area contributed by atoms with E-state index in [4.69, 9.17) is 9.47 Å². The second kappa shape index (κ2) is 6.93. The summed E-state index contributed by atoms with van der Waals surface area (Å²) in [7, 11) is 2.87. The van der Waals surface area contributed by atoms with Gasteiger partial charge in [-0.05, 0) is 35.4 Å². The molecule has 2 aromatic rings. The predicted molar refractivity (Wildman–Crippen MR) is 81.9 cm³/mol. The van der Waals surface area contributed by atoms with Crippen LogP contribution in [0.25, 0.3) is 10.8 Å². The van der Waals surface area contributed by atoms with Crippen LogP contribution in [0, 0.1) is 0 Å². The topological polar surface area (TPSA) is 61.8 Å². The maximum Gasteiger partial charge on any atom is 0.344 e. The van der Waals surface area contributed by atoms with Gasteiger partial charge in [0, 0.05) is 0 Å². The lowest BCUT2D eigenvalue weighted by Gasteiger charge is -2.12. The summed E-state index contributed by atoms with van der Waals surface area (Å²) in [5.41, 5.74) is 0.826. The van der Waals surface area contributed by atoms with Crippen LogP contribution in [0.1, 0.15) is 18.4 Å². The lowest BCUT2D eigenvalue weighted by Crippen LogP contribution is -2.19. The van der Waals surface area contributed by atoms with Gasteiger partial charge in [0.05, 0.1) is 20.1 Å². The van der Waals surface area contributed by atoms with E-state index >= 15 is 0 Å². The number of hydrogen-bond donors (Lipinski definition) is 0. The summed E-state index contributed by atoms with van der Waals surface area (Å²) < 4.78 is 14.5. The van der Waals surface area contributed by atoms with Gasteiger partial charge in [0.1, 0.15) is 5.75 Å². The van der Waals surface area contributed by atoms with Crippen molar-refractivity contribution in [1.82, 2.24) is 0 Å². The SMILES string of the molecule is COC(=O)COC(=O)C(C)c1ccc2cc(OC)ccc2c1. The average molecular weight is 302 g/mol. The molecule has 2 aromatic carbocycles. The maximum atomic E-state index is 12.0. The normalized spacial score (nSPS) is 11.8. The fraction of sp³-hybridized carbons (Fsp3) is 0.294. The summed E-state index contributed by atoms with van der Waals surface area (Å²) in [6.07, 6.45) is 0. The smallest absolute Gasteiger partial charge is 0.344 e. The van der Waals surface area contributed by atoms with Crippen molar-refractivity contribution in [3.8, 4) is 5.75 Å². The third-order valence-electron chi connectivity index (χ3n) is 3.48. The number of carbonyl (C=O) groups is 2. The molecule has 22 heavy (non-hydrogen) atoms. The summed E-state index contributed by atoms with van der Waals surface area (Å²) in [5.74, 6) is -0.716. The average Bonchev–Trinajstić information content (AvgIpc) is 2.57. The summed E-state index contributed by atoms with van der Waals surface area (Å²) in [4.78, 5) is 22.9. The van der Waals surface area contributed by atoms with Gasteiger partial charge in [-0.15, -0.1) is 0 Å². The number of carbonyl (C=O) groups excluding carboxylic acids is 2. The molecule has 0 radical (unpaired) electrons. The molecule has 0 bridgehead atoms. The molecular weight excluding hydrogens is 284 g/mol. The second-order valence-electron chi connectivity index (χ2n) is 4.88. The van der Waals surface area contributed by atoms with Crippen molar-refractivity contribution in [2.45, 2.75) is 12.8 Å². The lowest BCUT2D eigenvalue weighted by molar-refractivity contribution is -0.157. The molecule has 0 aliphatic heterocycles. The van der Waals surface area contributed by atoms with Gasteiger partial charge < -0.3 is 14.2 Å². The second-order valence-corrected chi connectivity index (χ2v) is 4.88. The standard InChI is InChI=1S/C17H18O5/c1-11(17(19)22-10-16(18)21-3)12-4-5-14-9-15(20-2)7-6-13(14)8-12/h4-9,11H,10H2,1-3H3. The van der Waals surface area contributed by atoms with E-state index in [1.807, 2.05) is 36.4 Å². The Labute approximate surface area is 128 Å². The van der Waals surface area contributed by atoms with E-state index in [-0.39, 0.29) is 6.61 Å². The van der Waals surface area contributed by atoms with Gasteiger partial charge in [-0.1, -0.05) is 24.3 Å². The van der Waals surface area contributed by atoms with Crippen LogP contribution in [0.4, 0.5) is 0 Å². The largest absolute Gasteiger partial charge is 0.497 e. The van der Waals surface area contributed by atoms with Crippen molar-refractivity contribution in [2.75, 3.05) is 20.8 Å². The Morgan fingerprint density at radius 2 is 1.73 bits per heavy atom. The van der Waals surface area contributed by atoms with E-state index in [1.165, 1.54) is 7.11 Å². The number of methoxy groups -OCH3 is 2. The van der Waals surface area contributed by atoms with Crippen LogP contribution in [0.3, 0.4) is 0 Å². The van der Waals surface area contributed by atoms with Gasteiger partial charge in [0.15, 0.2) is 6.61 Å². The Hall–Kier alpha value is -2.56. The van der Waals surface area contributed by atoms with E-state index in [0.29, 0.717) is 0 Å². The van der Waals surface area contributed by atoms with E-state index < -0.39 is 17.9 Å². The molecule has 1 atom stereocenters. The van der Waals surface area contributed by atoms with Crippen molar-refractivity contribution in [2.24, 2.45) is 0 Å². The van der Waals surface area contributed by atoms with Crippen LogP contribution in [0.2, 0.25) is 0 Å². The number of esters is 2. The molecule has 2 rings (SSSR count). The van der Waals surface area contributed by atoms with E-state index in [9.17, 15) is 9.59 Å². The zero-order valence-electron chi connectivity index (χ0n) is 12.8. The minimum Gasteiger partial charge on any atom is -0.497 e. The molecular formula is C17H18O5. The summed E-state index contributed by atoms with van der Waals surface area (Å²) in [6, 6.07) is 11.5. The van der Waals surface area contributed by atoms with Crippen molar-refractivity contribution < 1.29 is 23.8 Å². The Morgan fingerprint density at radius 3 is 2.41 bits per heavy atom. The number of ether oxygens (including phenoxy) is 3. The fourth-order valence-corrected chi connectivity index (χ4v) is 2.09. The molecule has 0 heterocycles. The molecule has 0 saturated carbocycles. The van der Waals surface area contributed by atoms with Gasteiger partial charge in [0.25, 0.3) is 0 Å². The van der Waals surface area contributed by atoms with E-state index in [0.717, 1.165) is 22.1 Å². The Balaban J connectivity index is 2.15. The molecule has 0 N–H and O–H groups in total. The summed E-state index contributed by atoms with van der Waals surface area (Å²) in [5, 5.41) is 2.03. The molecule has 0 fully saturated rings. The minimum atomic E-state index is -0.578. The zero-order valence-corrected chi connectivity index (χ0v) is 12.8. The van der Waals surface area contributed by atoms with Crippen molar-refractivity contribution in [3.63, 3.8) is 0 Å². The highest BCUT2D eigenvalue weighted by molar-refractivity contribution is 5.87. The molecule has 5 heteroatoms. The third kappa shape index (κ3) is 3.55. The molecule has 0 aromatic heterocycles. The Kier molecular flexibility index (Phi) is 4.99. The van der Waals surface area contributed by atoms with Gasteiger partial charge in [-0.2, -0.15) is 0 Å². The molecule has 0 spiro atoms. The highest BCUT2D eigenvalue weighted by atomic mass is 16.6. The molecule has 0 aliphatic carbocycles. The van der Waals surface area contributed by atoms with Gasteiger partial charge in [-0.3, -0.25) is 4.79 Å². The first-order valence-electron chi connectivity index (χ1n) is 6.86. The lowest BCUT2D eigenvalue weighted by atomic mass is 9.98. The Morgan fingerprint density at radius 1 is 1.05 bits per heavy atom.